The van der Waals surface area contributed by atoms with Gasteiger partial charge in [-0.25, -0.2) is 14.6 Å². The number of alkyl halides is 1. The molecular weight excluding hydrogens is 424 g/mol. The zero-order valence-corrected chi connectivity index (χ0v) is 18.4. The van der Waals surface area contributed by atoms with Crippen molar-refractivity contribution in [2.75, 3.05) is 31.2 Å². The van der Waals surface area contributed by atoms with Gasteiger partial charge in [0.1, 0.15) is 29.3 Å². The van der Waals surface area contributed by atoms with Gasteiger partial charge in [-0.1, -0.05) is 18.2 Å². The predicted octanol–water partition coefficient (Wildman–Crippen LogP) is 4.74. The Hall–Kier alpha value is -3.16. The van der Waals surface area contributed by atoms with E-state index in [2.05, 4.69) is 14.9 Å². The Balaban J connectivity index is 1.45. The zero-order chi connectivity index (χ0) is 21.9. The maximum absolute atomic E-state index is 6.28. The average molecular weight is 449 g/mol. The van der Waals surface area contributed by atoms with Crippen LogP contribution in [0.5, 0.6) is 11.5 Å². The minimum Gasteiger partial charge on any atom is -0.457 e. The van der Waals surface area contributed by atoms with Gasteiger partial charge in [-0.3, -0.25) is 0 Å². The molecule has 2 N–H and O–H groups in total. The molecule has 0 radical (unpaired) electrons. The van der Waals surface area contributed by atoms with Gasteiger partial charge in [0.05, 0.1) is 11.4 Å². The number of piperidine rings is 1. The second-order valence-electron chi connectivity index (χ2n) is 7.95. The smallest absolute Gasteiger partial charge is 0.164 e. The molecule has 2 aromatic heterocycles. The van der Waals surface area contributed by atoms with Gasteiger partial charge in [0.2, 0.25) is 0 Å². The van der Waals surface area contributed by atoms with Crippen molar-refractivity contribution < 1.29 is 4.74 Å². The third-order valence-electron chi connectivity index (χ3n) is 5.93. The molecular formula is C24H25ClN6O. The van der Waals surface area contributed by atoms with Crippen LogP contribution in [0.4, 0.5) is 5.82 Å². The third kappa shape index (κ3) is 4.13. The fourth-order valence-corrected chi connectivity index (χ4v) is 4.50. The van der Waals surface area contributed by atoms with Crippen LogP contribution in [-0.4, -0.2) is 50.2 Å². The summed E-state index contributed by atoms with van der Waals surface area (Å²) in [5, 5.41) is 5.78. The van der Waals surface area contributed by atoms with Gasteiger partial charge >= 0.3 is 0 Å². The molecule has 32 heavy (non-hydrogen) atoms. The number of ether oxygens (including phenoxy) is 1. The van der Waals surface area contributed by atoms with Gasteiger partial charge in [0, 0.05) is 31.1 Å². The van der Waals surface area contributed by atoms with E-state index in [-0.39, 0.29) is 6.04 Å². The number of aromatic nitrogens is 4. The molecule has 5 rings (SSSR count). The van der Waals surface area contributed by atoms with Crippen molar-refractivity contribution in [3.8, 4) is 22.8 Å². The lowest BCUT2D eigenvalue weighted by Crippen LogP contribution is -2.36. The van der Waals surface area contributed by atoms with Gasteiger partial charge < -0.3 is 15.4 Å². The van der Waals surface area contributed by atoms with Crippen LogP contribution in [0.2, 0.25) is 0 Å². The predicted molar refractivity (Wildman–Crippen MR) is 127 cm³/mol. The number of nitrogen functional groups attached to an aromatic ring is 1. The van der Waals surface area contributed by atoms with Crippen molar-refractivity contribution in [1.82, 2.24) is 24.6 Å². The van der Waals surface area contributed by atoms with Gasteiger partial charge in [-0.2, -0.15) is 5.10 Å². The Bertz CT molecular complexity index is 1190. The maximum atomic E-state index is 6.28. The number of nitrogens with zero attached hydrogens (tertiary/aromatic N) is 5. The Morgan fingerprint density at radius 1 is 0.969 bits per heavy atom. The largest absolute Gasteiger partial charge is 0.457 e. The summed E-state index contributed by atoms with van der Waals surface area (Å²) < 4.78 is 7.96. The first-order valence-electron chi connectivity index (χ1n) is 10.8. The minimum absolute atomic E-state index is 0.271. The summed E-state index contributed by atoms with van der Waals surface area (Å²) in [5.74, 6) is 2.67. The summed E-state index contributed by atoms with van der Waals surface area (Å²) in [4.78, 5) is 11.2. The number of hydrogen-bond acceptors (Lipinski definition) is 6. The van der Waals surface area contributed by atoms with E-state index in [1.807, 2.05) is 59.3 Å². The second kappa shape index (κ2) is 9.14. The number of halogens is 1. The van der Waals surface area contributed by atoms with Crippen molar-refractivity contribution in [3.05, 3.63) is 60.9 Å². The number of rotatable bonds is 6. The molecule has 1 aliphatic heterocycles. The minimum atomic E-state index is 0.271. The van der Waals surface area contributed by atoms with E-state index in [9.17, 15) is 0 Å². The first-order chi connectivity index (χ1) is 15.7. The molecule has 7 nitrogen and oxygen atoms in total. The second-order valence-corrected chi connectivity index (χ2v) is 8.33. The molecule has 8 heteroatoms. The molecule has 0 unspecified atom stereocenters. The monoisotopic (exact) mass is 448 g/mol. The first kappa shape index (κ1) is 20.7. The molecule has 0 amide bonds. The number of anilines is 1. The topological polar surface area (TPSA) is 82.1 Å². The van der Waals surface area contributed by atoms with Crippen LogP contribution in [-0.2, 0) is 0 Å². The van der Waals surface area contributed by atoms with Gasteiger partial charge in [0.25, 0.3) is 0 Å². The van der Waals surface area contributed by atoms with Crippen LogP contribution >= 0.6 is 11.6 Å². The van der Waals surface area contributed by atoms with E-state index in [1.54, 1.807) is 0 Å². The summed E-state index contributed by atoms with van der Waals surface area (Å²) in [6, 6.07) is 17.9. The van der Waals surface area contributed by atoms with Crippen molar-refractivity contribution in [2.24, 2.45) is 0 Å². The van der Waals surface area contributed by atoms with E-state index in [1.165, 1.54) is 6.33 Å². The van der Waals surface area contributed by atoms with Crippen LogP contribution in [0.3, 0.4) is 0 Å². The van der Waals surface area contributed by atoms with Crippen molar-refractivity contribution in [3.63, 3.8) is 0 Å². The van der Waals surface area contributed by atoms with E-state index >= 15 is 0 Å². The molecule has 1 aliphatic rings. The molecule has 0 aliphatic carbocycles. The quantitative estimate of drug-likeness (QED) is 0.429. The standard InChI is InChI=1S/C24H25ClN6O/c25-12-15-30-13-10-18(11-14-30)31-24-21(23(26)27-16-28-24)22(29-31)17-6-8-20(9-7-17)32-19-4-2-1-3-5-19/h1-9,16,18H,10-15H2,(H2,26,27,28). The van der Waals surface area contributed by atoms with Crippen LogP contribution in [0.15, 0.2) is 60.9 Å². The fourth-order valence-electron chi connectivity index (χ4n) is 4.26. The molecule has 0 spiro atoms. The Kier molecular flexibility index (Phi) is 5.92. The average Bonchev–Trinajstić information content (AvgIpc) is 3.22. The van der Waals surface area contributed by atoms with Crippen molar-refractivity contribution >= 4 is 28.5 Å². The van der Waals surface area contributed by atoms with E-state index in [4.69, 9.17) is 27.2 Å². The van der Waals surface area contributed by atoms with Crippen molar-refractivity contribution in [2.45, 2.75) is 18.9 Å². The normalized spacial score (nSPS) is 15.3. The molecule has 0 bridgehead atoms. The molecule has 2 aromatic carbocycles. The van der Waals surface area contributed by atoms with Crippen molar-refractivity contribution in [1.29, 1.82) is 0 Å². The third-order valence-corrected chi connectivity index (χ3v) is 6.10. The summed E-state index contributed by atoms with van der Waals surface area (Å²) in [6.45, 7) is 2.92. The molecule has 0 saturated carbocycles. The zero-order valence-electron chi connectivity index (χ0n) is 17.7. The molecule has 3 heterocycles. The SMILES string of the molecule is Nc1ncnc2c1c(-c1ccc(Oc3ccccc3)cc1)nn2C1CCN(CCCl)CC1. The lowest BCUT2D eigenvalue weighted by atomic mass is 10.1. The van der Waals surface area contributed by atoms with Gasteiger partial charge in [-0.15, -0.1) is 11.6 Å². The first-order valence-corrected chi connectivity index (χ1v) is 11.4. The number of nitrogens with two attached hydrogens (primary N) is 1. The van der Waals surface area contributed by atoms with E-state index in [0.717, 1.165) is 66.3 Å². The molecule has 1 saturated heterocycles. The lowest BCUT2D eigenvalue weighted by Gasteiger charge is -2.31. The molecule has 0 atom stereocenters. The lowest BCUT2D eigenvalue weighted by molar-refractivity contribution is 0.191. The van der Waals surface area contributed by atoms with Crippen LogP contribution in [0, 0.1) is 0 Å². The van der Waals surface area contributed by atoms with E-state index < -0.39 is 0 Å². The number of benzene rings is 2. The van der Waals surface area contributed by atoms with Crippen LogP contribution in [0.25, 0.3) is 22.3 Å². The summed E-state index contributed by atoms with van der Waals surface area (Å²) in [7, 11) is 0. The maximum Gasteiger partial charge on any atom is 0.164 e. The summed E-state index contributed by atoms with van der Waals surface area (Å²) >= 11 is 5.91. The molecule has 1 fully saturated rings. The highest BCUT2D eigenvalue weighted by atomic mass is 35.5. The summed E-state index contributed by atoms with van der Waals surface area (Å²) in [6.07, 6.45) is 3.51. The molecule has 164 valence electrons. The Morgan fingerprint density at radius 2 is 1.69 bits per heavy atom. The number of fused-ring (bicyclic) bond motifs is 1. The number of hydrogen-bond donors (Lipinski definition) is 1. The highest BCUT2D eigenvalue weighted by molar-refractivity contribution is 6.18. The van der Waals surface area contributed by atoms with Crippen LogP contribution < -0.4 is 10.5 Å². The van der Waals surface area contributed by atoms with Crippen LogP contribution in [0.1, 0.15) is 18.9 Å². The fraction of sp³-hybridized carbons (Fsp3) is 0.292. The number of likely N-dealkylation sites (tertiary alicyclic amines) is 1. The highest BCUT2D eigenvalue weighted by Crippen LogP contribution is 2.35. The Labute approximate surface area is 191 Å². The molecule has 4 aromatic rings. The van der Waals surface area contributed by atoms with E-state index in [0.29, 0.717) is 11.7 Å². The Morgan fingerprint density at radius 3 is 2.41 bits per heavy atom. The number of para-hydroxylation sites is 1. The highest BCUT2D eigenvalue weighted by Gasteiger charge is 2.25. The van der Waals surface area contributed by atoms with Gasteiger partial charge in [0.15, 0.2) is 5.65 Å². The summed E-state index contributed by atoms with van der Waals surface area (Å²) in [5.41, 5.74) is 8.82. The van der Waals surface area contributed by atoms with Gasteiger partial charge in [-0.05, 0) is 49.2 Å².